The Morgan fingerprint density at radius 1 is 1.06 bits per heavy atom. The van der Waals surface area contributed by atoms with Crippen molar-refractivity contribution in [3.63, 3.8) is 0 Å². The Bertz CT molecular complexity index is 1090. The van der Waals surface area contributed by atoms with E-state index in [4.69, 9.17) is 27.9 Å². The number of pyridine rings is 1. The smallest absolute Gasteiger partial charge is 0.417 e. The number of nitrogens with zero attached hydrogens (tertiary/aromatic N) is 2. The molecule has 1 N–H and O–H groups in total. The Kier molecular flexibility index (Phi) is 8.27. The predicted octanol–water partition coefficient (Wildman–Crippen LogP) is 7.64. The second-order valence-electron chi connectivity index (χ2n) is 6.14. The predicted molar refractivity (Wildman–Crippen MR) is 133 cm³/mol. The molecule has 0 aliphatic carbocycles. The fourth-order valence-electron chi connectivity index (χ4n) is 2.38. The topological polar surface area (TPSA) is 46.5 Å². The SMILES string of the molecule is FC(F)(F)c1ccc(N/N=C\c2cc(I)c(OCc3ccc(Cl)cc3Cl)c(I)c2)nc1. The van der Waals surface area contributed by atoms with Gasteiger partial charge in [-0.3, -0.25) is 5.43 Å². The summed E-state index contributed by atoms with van der Waals surface area (Å²) < 4.78 is 45.4. The molecule has 31 heavy (non-hydrogen) atoms. The number of rotatable bonds is 6. The lowest BCUT2D eigenvalue weighted by atomic mass is 10.2. The molecule has 0 fully saturated rings. The van der Waals surface area contributed by atoms with Crippen LogP contribution in [0.3, 0.4) is 0 Å². The van der Waals surface area contributed by atoms with E-state index in [0.29, 0.717) is 15.8 Å². The third-order valence-electron chi connectivity index (χ3n) is 3.89. The fraction of sp³-hybridized carbons (Fsp3) is 0.100. The van der Waals surface area contributed by atoms with Gasteiger partial charge in [-0.25, -0.2) is 4.98 Å². The normalized spacial score (nSPS) is 11.7. The van der Waals surface area contributed by atoms with Gasteiger partial charge in [-0.1, -0.05) is 29.3 Å². The minimum atomic E-state index is -4.43. The van der Waals surface area contributed by atoms with Crippen molar-refractivity contribution in [3.8, 4) is 5.75 Å². The van der Waals surface area contributed by atoms with Gasteiger partial charge in [0.1, 0.15) is 18.2 Å². The molecule has 0 amide bonds. The number of nitrogens with one attached hydrogen (secondary N) is 1. The Morgan fingerprint density at radius 3 is 2.35 bits per heavy atom. The molecule has 0 bridgehead atoms. The van der Waals surface area contributed by atoms with E-state index in [0.717, 1.165) is 30.5 Å². The first-order chi connectivity index (χ1) is 14.6. The molecule has 0 spiro atoms. The number of alkyl halides is 3. The van der Waals surface area contributed by atoms with E-state index < -0.39 is 11.7 Å². The molecule has 11 heteroatoms. The van der Waals surface area contributed by atoms with Crippen LogP contribution in [0.25, 0.3) is 0 Å². The quantitative estimate of drug-likeness (QED) is 0.164. The van der Waals surface area contributed by atoms with Crippen LogP contribution in [-0.4, -0.2) is 11.2 Å². The Labute approximate surface area is 213 Å². The van der Waals surface area contributed by atoms with Crippen molar-refractivity contribution in [2.45, 2.75) is 12.8 Å². The number of hydrogen-bond donors (Lipinski definition) is 1. The van der Waals surface area contributed by atoms with Crippen molar-refractivity contribution in [2.24, 2.45) is 5.10 Å². The first kappa shape index (κ1) is 24.3. The van der Waals surface area contributed by atoms with Crippen LogP contribution < -0.4 is 10.2 Å². The van der Waals surface area contributed by atoms with Crippen LogP contribution in [0.15, 0.2) is 53.8 Å². The molecule has 0 atom stereocenters. The third kappa shape index (κ3) is 6.83. The minimum absolute atomic E-state index is 0.202. The van der Waals surface area contributed by atoms with Gasteiger partial charge >= 0.3 is 6.18 Å². The van der Waals surface area contributed by atoms with Crippen molar-refractivity contribution in [1.29, 1.82) is 0 Å². The maximum Gasteiger partial charge on any atom is 0.417 e. The van der Waals surface area contributed by atoms with E-state index >= 15 is 0 Å². The number of anilines is 1. The Balaban J connectivity index is 1.65. The summed E-state index contributed by atoms with van der Waals surface area (Å²) in [4.78, 5) is 3.70. The van der Waals surface area contributed by atoms with Gasteiger partial charge in [0.2, 0.25) is 0 Å². The van der Waals surface area contributed by atoms with Gasteiger partial charge in [0.05, 0.1) is 18.9 Å². The summed E-state index contributed by atoms with van der Waals surface area (Å²) in [7, 11) is 0. The maximum absolute atomic E-state index is 12.6. The van der Waals surface area contributed by atoms with Crippen molar-refractivity contribution in [3.05, 3.63) is 82.5 Å². The number of hydrogen-bond acceptors (Lipinski definition) is 4. The Morgan fingerprint density at radius 2 is 1.77 bits per heavy atom. The number of benzene rings is 2. The highest BCUT2D eigenvalue weighted by atomic mass is 127. The number of hydrazone groups is 1. The third-order valence-corrected chi connectivity index (χ3v) is 6.08. The van der Waals surface area contributed by atoms with Crippen molar-refractivity contribution >= 4 is 80.4 Å². The summed E-state index contributed by atoms with van der Waals surface area (Å²) in [6.07, 6.45) is -2.13. The first-order valence-electron chi connectivity index (χ1n) is 8.51. The van der Waals surface area contributed by atoms with Gasteiger partial charge in [0, 0.05) is 21.8 Å². The van der Waals surface area contributed by atoms with E-state index in [1.165, 1.54) is 6.07 Å². The summed E-state index contributed by atoms with van der Waals surface area (Å²) in [5.41, 5.74) is 3.39. The molecule has 0 aliphatic heterocycles. The molecule has 0 aliphatic rings. The second-order valence-corrected chi connectivity index (χ2v) is 9.31. The van der Waals surface area contributed by atoms with Gasteiger partial charge in [0.25, 0.3) is 0 Å². The zero-order valence-corrected chi connectivity index (χ0v) is 21.2. The molecular formula is C20H12Cl2F3I2N3O. The molecule has 4 nitrogen and oxygen atoms in total. The molecule has 3 aromatic rings. The average molecular weight is 692 g/mol. The number of ether oxygens (including phenoxy) is 1. The highest BCUT2D eigenvalue weighted by Gasteiger charge is 2.30. The van der Waals surface area contributed by atoms with Crippen LogP contribution in [0.4, 0.5) is 19.0 Å². The lowest BCUT2D eigenvalue weighted by Crippen LogP contribution is -2.05. The molecule has 0 unspecified atom stereocenters. The molecule has 0 saturated carbocycles. The summed E-state index contributed by atoms with van der Waals surface area (Å²) in [5.74, 6) is 0.912. The van der Waals surface area contributed by atoms with Crippen LogP contribution in [0, 0.1) is 7.14 Å². The standard InChI is InChI=1S/C20H12Cl2F3I2N3O/c21-14-3-1-12(15(22)7-14)10-31-19-16(26)5-11(6-17(19)27)8-29-30-18-4-2-13(9-28-18)20(23,24)25/h1-9H,10H2,(H,28,30)/b29-8-. The van der Waals surface area contributed by atoms with Gasteiger partial charge in [-0.2, -0.15) is 18.3 Å². The number of halogens is 7. The van der Waals surface area contributed by atoms with Gasteiger partial charge < -0.3 is 4.74 Å². The van der Waals surface area contributed by atoms with Gasteiger partial charge in [-0.05, 0) is 87.1 Å². The fourth-order valence-corrected chi connectivity index (χ4v) is 4.97. The molecular weight excluding hydrogens is 680 g/mol. The van der Waals surface area contributed by atoms with Crippen LogP contribution in [-0.2, 0) is 12.8 Å². The zero-order chi connectivity index (χ0) is 22.6. The zero-order valence-electron chi connectivity index (χ0n) is 15.4. The largest absolute Gasteiger partial charge is 0.487 e. The molecule has 1 heterocycles. The summed E-state index contributed by atoms with van der Waals surface area (Å²) in [6.45, 7) is 0.288. The van der Waals surface area contributed by atoms with Crippen LogP contribution in [0.5, 0.6) is 5.75 Å². The molecule has 0 saturated heterocycles. The second kappa shape index (κ2) is 10.5. The van der Waals surface area contributed by atoms with Gasteiger partial charge in [0.15, 0.2) is 0 Å². The van der Waals surface area contributed by atoms with Crippen molar-refractivity contribution in [2.75, 3.05) is 5.43 Å². The summed E-state index contributed by atoms with van der Waals surface area (Å²) in [5, 5.41) is 5.12. The van der Waals surface area contributed by atoms with Gasteiger partial charge in [-0.15, -0.1) is 0 Å². The molecule has 3 rings (SSSR count). The molecule has 162 valence electrons. The van der Waals surface area contributed by atoms with Crippen LogP contribution in [0.2, 0.25) is 10.0 Å². The van der Waals surface area contributed by atoms with E-state index in [1.54, 1.807) is 18.3 Å². The Hall–Kier alpha value is -1.31. The highest BCUT2D eigenvalue weighted by molar-refractivity contribution is 14.1. The van der Waals surface area contributed by atoms with Crippen LogP contribution in [0.1, 0.15) is 16.7 Å². The van der Waals surface area contributed by atoms with E-state index in [-0.39, 0.29) is 12.4 Å². The molecule has 2 aromatic carbocycles. The lowest BCUT2D eigenvalue weighted by Gasteiger charge is -2.12. The highest BCUT2D eigenvalue weighted by Crippen LogP contribution is 2.31. The van der Waals surface area contributed by atoms with Crippen molar-refractivity contribution in [1.82, 2.24) is 4.98 Å². The molecule has 1 aromatic heterocycles. The van der Waals surface area contributed by atoms with Crippen LogP contribution >= 0.6 is 68.4 Å². The minimum Gasteiger partial charge on any atom is -0.487 e. The van der Waals surface area contributed by atoms with E-state index in [2.05, 4.69) is 60.7 Å². The first-order valence-corrected chi connectivity index (χ1v) is 11.4. The maximum atomic E-state index is 12.6. The van der Waals surface area contributed by atoms with E-state index in [1.807, 2.05) is 18.2 Å². The lowest BCUT2D eigenvalue weighted by molar-refractivity contribution is -0.137. The summed E-state index contributed by atoms with van der Waals surface area (Å²) >= 11 is 16.4. The van der Waals surface area contributed by atoms with Crippen molar-refractivity contribution < 1.29 is 17.9 Å². The number of aromatic nitrogens is 1. The molecule has 0 radical (unpaired) electrons. The monoisotopic (exact) mass is 691 g/mol. The summed E-state index contributed by atoms with van der Waals surface area (Å²) in [6, 6.07) is 11.1. The van der Waals surface area contributed by atoms with E-state index in [9.17, 15) is 13.2 Å². The average Bonchev–Trinajstić information content (AvgIpc) is 2.68.